The number of rotatable bonds is 9. The van der Waals surface area contributed by atoms with Crippen LogP contribution in [0.15, 0.2) is 18.2 Å². The van der Waals surface area contributed by atoms with Gasteiger partial charge in [0.25, 0.3) is 0 Å². The minimum absolute atomic E-state index is 0.262. The number of hydrogen-bond acceptors (Lipinski definition) is 3. The highest BCUT2D eigenvalue weighted by atomic mass is 19.1. The summed E-state index contributed by atoms with van der Waals surface area (Å²) in [6.07, 6.45) is 2.25. The lowest BCUT2D eigenvalue weighted by atomic mass is 10.2. The Labute approximate surface area is 122 Å². The van der Waals surface area contributed by atoms with Crippen molar-refractivity contribution >= 4 is 0 Å². The Morgan fingerprint density at radius 2 is 2.05 bits per heavy atom. The number of hydrogen-bond donors (Lipinski definition) is 1. The molecule has 0 aromatic heterocycles. The van der Waals surface area contributed by atoms with Crippen molar-refractivity contribution in [3.63, 3.8) is 0 Å². The lowest BCUT2D eigenvalue weighted by molar-refractivity contribution is 0.268. The smallest absolute Gasteiger partial charge is 0.169 e. The molecule has 0 saturated carbocycles. The van der Waals surface area contributed by atoms with Crippen LogP contribution in [0.4, 0.5) is 4.39 Å². The zero-order valence-corrected chi connectivity index (χ0v) is 13.1. The van der Waals surface area contributed by atoms with Crippen molar-refractivity contribution in [2.24, 2.45) is 0 Å². The van der Waals surface area contributed by atoms with Crippen molar-refractivity contribution in [2.75, 3.05) is 27.2 Å². The fourth-order valence-corrected chi connectivity index (χ4v) is 1.94. The van der Waals surface area contributed by atoms with Crippen molar-refractivity contribution < 1.29 is 9.13 Å². The molecule has 0 spiro atoms. The van der Waals surface area contributed by atoms with E-state index in [9.17, 15) is 4.39 Å². The van der Waals surface area contributed by atoms with E-state index in [-0.39, 0.29) is 5.82 Å². The normalized spacial score (nSPS) is 11.3. The second-order valence-electron chi connectivity index (χ2n) is 5.39. The lowest BCUT2D eigenvalue weighted by Crippen LogP contribution is -2.27. The van der Waals surface area contributed by atoms with Gasteiger partial charge < -0.3 is 15.0 Å². The van der Waals surface area contributed by atoms with Crippen LogP contribution in [0.3, 0.4) is 0 Å². The third-order valence-electron chi connectivity index (χ3n) is 3.57. The van der Waals surface area contributed by atoms with Crippen LogP contribution in [-0.2, 0) is 6.54 Å². The number of nitrogens with zero attached hydrogens (tertiary/aromatic N) is 1. The van der Waals surface area contributed by atoms with E-state index in [0.717, 1.165) is 25.9 Å². The molecule has 1 rings (SSSR count). The third-order valence-corrected chi connectivity index (χ3v) is 3.57. The van der Waals surface area contributed by atoms with E-state index in [4.69, 9.17) is 4.74 Å². The van der Waals surface area contributed by atoms with Crippen molar-refractivity contribution in [1.29, 1.82) is 0 Å². The standard InChI is InChI=1S/C16H27FN2O/c1-13(2)19(3)11-6-5-10-18-12-14-8-7-9-15(20-4)16(14)17/h7-9,13,18H,5-6,10-12H2,1-4H3. The Hall–Kier alpha value is -1.13. The summed E-state index contributed by atoms with van der Waals surface area (Å²) in [4.78, 5) is 2.34. The van der Waals surface area contributed by atoms with E-state index in [1.807, 2.05) is 6.07 Å². The Morgan fingerprint density at radius 3 is 2.70 bits per heavy atom. The number of ether oxygens (including phenoxy) is 1. The Bertz CT molecular complexity index is 396. The third kappa shape index (κ3) is 5.47. The van der Waals surface area contributed by atoms with E-state index in [1.165, 1.54) is 7.11 Å². The minimum Gasteiger partial charge on any atom is -0.494 e. The summed E-state index contributed by atoms with van der Waals surface area (Å²) in [5, 5.41) is 3.28. The van der Waals surface area contributed by atoms with Crippen molar-refractivity contribution in [3.8, 4) is 5.75 Å². The zero-order valence-electron chi connectivity index (χ0n) is 13.1. The van der Waals surface area contributed by atoms with Crippen LogP contribution < -0.4 is 10.1 Å². The molecule has 0 radical (unpaired) electrons. The highest BCUT2D eigenvalue weighted by molar-refractivity contribution is 5.30. The van der Waals surface area contributed by atoms with Gasteiger partial charge in [0.05, 0.1) is 7.11 Å². The molecule has 3 nitrogen and oxygen atoms in total. The summed E-state index contributed by atoms with van der Waals surface area (Å²) in [5.41, 5.74) is 0.656. The van der Waals surface area contributed by atoms with E-state index >= 15 is 0 Å². The quantitative estimate of drug-likeness (QED) is 0.705. The molecule has 0 unspecified atom stereocenters. The predicted molar refractivity (Wildman–Crippen MR) is 81.7 cm³/mol. The van der Waals surface area contributed by atoms with E-state index < -0.39 is 0 Å². The number of methoxy groups -OCH3 is 1. The van der Waals surface area contributed by atoms with Gasteiger partial charge in [-0.3, -0.25) is 0 Å². The van der Waals surface area contributed by atoms with Crippen LogP contribution in [0.5, 0.6) is 5.75 Å². The summed E-state index contributed by atoms with van der Waals surface area (Å²) >= 11 is 0. The van der Waals surface area contributed by atoms with Crippen LogP contribution in [0.2, 0.25) is 0 Å². The molecule has 0 saturated heterocycles. The maximum atomic E-state index is 13.9. The van der Waals surface area contributed by atoms with Crippen LogP contribution in [0.1, 0.15) is 32.3 Å². The summed E-state index contributed by atoms with van der Waals surface area (Å²) in [7, 11) is 3.63. The molecule has 20 heavy (non-hydrogen) atoms. The van der Waals surface area contributed by atoms with Gasteiger partial charge in [0.1, 0.15) is 0 Å². The first-order valence-electron chi connectivity index (χ1n) is 7.28. The fourth-order valence-electron chi connectivity index (χ4n) is 1.94. The zero-order chi connectivity index (χ0) is 15.0. The second-order valence-corrected chi connectivity index (χ2v) is 5.39. The summed E-state index contributed by atoms with van der Waals surface area (Å²) in [6, 6.07) is 5.84. The molecule has 0 aliphatic heterocycles. The lowest BCUT2D eigenvalue weighted by Gasteiger charge is -2.20. The van der Waals surface area contributed by atoms with Gasteiger partial charge in [-0.15, -0.1) is 0 Å². The molecule has 1 aromatic rings. The van der Waals surface area contributed by atoms with Gasteiger partial charge in [-0.2, -0.15) is 0 Å². The molecule has 0 fully saturated rings. The van der Waals surface area contributed by atoms with Crippen molar-refractivity contribution in [2.45, 2.75) is 39.3 Å². The molecule has 4 heteroatoms. The molecule has 114 valence electrons. The van der Waals surface area contributed by atoms with Gasteiger partial charge in [-0.05, 0) is 52.9 Å². The van der Waals surface area contributed by atoms with Crippen molar-refractivity contribution in [3.05, 3.63) is 29.6 Å². The van der Waals surface area contributed by atoms with Gasteiger partial charge >= 0.3 is 0 Å². The molecule has 0 bridgehead atoms. The highest BCUT2D eigenvalue weighted by Gasteiger charge is 2.07. The van der Waals surface area contributed by atoms with Crippen LogP contribution in [0.25, 0.3) is 0 Å². The molecule has 1 N–H and O–H groups in total. The van der Waals surface area contributed by atoms with Crippen LogP contribution >= 0.6 is 0 Å². The number of halogens is 1. The fraction of sp³-hybridized carbons (Fsp3) is 0.625. The summed E-state index contributed by atoms with van der Waals surface area (Å²) < 4.78 is 18.8. The van der Waals surface area contributed by atoms with Crippen molar-refractivity contribution in [1.82, 2.24) is 10.2 Å². The highest BCUT2D eigenvalue weighted by Crippen LogP contribution is 2.19. The number of nitrogens with one attached hydrogen (secondary N) is 1. The van der Waals surface area contributed by atoms with E-state index in [0.29, 0.717) is 23.9 Å². The largest absolute Gasteiger partial charge is 0.494 e. The second kappa shape index (κ2) is 8.93. The first kappa shape index (κ1) is 16.9. The molecule has 0 heterocycles. The molecule has 1 aromatic carbocycles. The van der Waals surface area contributed by atoms with E-state index in [1.54, 1.807) is 12.1 Å². The van der Waals surface area contributed by atoms with Crippen LogP contribution in [-0.4, -0.2) is 38.2 Å². The average Bonchev–Trinajstić information content (AvgIpc) is 2.43. The monoisotopic (exact) mass is 282 g/mol. The maximum Gasteiger partial charge on any atom is 0.169 e. The molecule has 0 aliphatic carbocycles. The topological polar surface area (TPSA) is 24.5 Å². The Morgan fingerprint density at radius 1 is 1.30 bits per heavy atom. The van der Waals surface area contributed by atoms with Gasteiger partial charge in [0, 0.05) is 18.2 Å². The first-order chi connectivity index (χ1) is 9.56. The molecule has 0 atom stereocenters. The molecule has 0 aliphatic rings. The first-order valence-corrected chi connectivity index (χ1v) is 7.28. The Kier molecular flexibility index (Phi) is 7.55. The van der Waals surface area contributed by atoms with Gasteiger partial charge in [0.15, 0.2) is 11.6 Å². The van der Waals surface area contributed by atoms with Gasteiger partial charge in [-0.25, -0.2) is 4.39 Å². The Balaban J connectivity index is 2.22. The summed E-state index contributed by atoms with van der Waals surface area (Å²) in [6.45, 7) is 6.95. The van der Waals surface area contributed by atoms with Crippen LogP contribution in [0, 0.1) is 5.82 Å². The molecule has 0 amide bonds. The molecular weight excluding hydrogens is 255 g/mol. The summed E-state index contributed by atoms with van der Waals surface area (Å²) in [5.74, 6) is 0.0462. The number of unbranched alkanes of at least 4 members (excludes halogenated alkanes) is 1. The predicted octanol–water partition coefficient (Wildman–Crippen LogP) is 3.04. The van der Waals surface area contributed by atoms with E-state index in [2.05, 4.69) is 31.1 Å². The number of benzene rings is 1. The van der Waals surface area contributed by atoms with Gasteiger partial charge in [0.2, 0.25) is 0 Å². The average molecular weight is 282 g/mol. The maximum absolute atomic E-state index is 13.9. The minimum atomic E-state index is -0.262. The SMILES string of the molecule is COc1cccc(CNCCCCN(C)C(C)C)c1F. The van der Waals surface area contributed by atoms with Gasteiger partial charge in [-0.1, -0.05) is 12.1 Å². The molecular formula is C16H27FN2O.